The molecular weight excluding hydrogens is 522 g/mol. The van der Waals surface area contributed by atoms with Crippen molar-refractivity contribution in [2.24, 2.45) is 0 Å². The Balaban J connectivity index is 1.98. The maximum Gasteiger partial charge on any atom is 0.244 e. The van der Waals surface area contributed by atoms with Crippen molar-refractivity contribution in [3.05, 3.63) is 117 Å². The maximum absolute atomic E-state index is 3.71. The Morgan fingerprint density at radius 3 is 1.36 bits per heavy atom. The summed E-state index contributed by atoms with van der Waals surface area (Å²) < 4.78 is 0. The summed E-state index contributed by atoms with van der Waals surface area (Å²) in [4.78, 5) is 0. The average molecular weight is 571 g/mol. The minimum atomic E-state index is -0.458. The molecule has 0 aliphatic heterocycles. The van der Waals surface area contributed by atoms with Crippen molar-refractivity contribution in [1.82, 2.24) is 0 Å². The van der Waals surface area contributed by atoms with Crippen LogP contribution in [0.4, 0.5) is 0 Å². The third-order valence-corrected chi connectivity index (χ3v) is 11.7. The molecule has 216 valence electrons. The van der Waals surface area contributed by atoms with Gasteiger partial charge in [0.15, 0.2) is 0 Å². The molecule has 0 saturated carbocycles. The Bertz CT molecular complexity index is 1550. The molecule has 4 rings (SSSR count). The van der Waals surface area contributed by atoms with E-state index >= 15 is 0 Å². The zero-order valence-electron chi connectivity index (χ0n) is 28.0. The van der Waals surface area contributed by atoms with Crippen LogP contribution in [0.25, 0.3) is 0 Å². The first-order chi connectivity index (χ1) is 19.6. The lowest BCUT2D eigenvalue weighted by molar-refractivity contribution is 0.714. The molecule has 0 saturated heterocycles. The van der Waals surface area contributed by atoms with E-state index in [1.165, 1.54) is 55.1 Å². The monoisotopic (exact) mass is 570 g/mol. The van der Waals surface area contributed by atoms with Gasteiger partial charge in [-0.2, -0.15) is 0 Å². The first kappa shape index (κ1) is 31.9. The molecule has 0 amide bonds. The van der Waals surface area contributed by atoms with Gasteiger partial charge in [0.2, 0.25) is 6.71 Å². The minimum absolute atomic E-state index is 0.105. The van der Waals surface area contributed by atoms with E-state index in [1.807, 2.05) is 0 Å². The molecule has 0 atom stereocenters. The summed E-state index contributed by atoms with van der Waals surface area (Å²) in [5, 5.41) is 1.76. The third-order valence-electron chi connectivity index (χ3n) is 8.14. The van der Waals surface area contributed by atoms with Gasteiger partial charge >= 0.3 is 0 Å². The van der Waals surface area contributed by atoms with Gasteiger partial charge in [-0.15, -0.1) is 0 Å². The van der Waals surface area contributed by atoms with Gasteiger partial charge in [0.1, 0.15) is 0 Å². The highest BCUT2D eigenvalue weighted by molar-refractivity contribution is 7.68. The Labute approximate surface area is 258 Å². The number of hydrogen-bond acceptors (Lipinski definition) is 0. The zero-order valence-corrected chi connectivity index (χ0v) is 28.8. The molecule has 0 heterocycles. The smallest absolute Gasteiger partial charge is 0.0657 e. The summed E-state index contributed by atoms with van der Waals surface area (Å²) >= 11 is 0. The van der Waals surface area contributed by atoms with E-state index in [0.717, 1.165) is 11.1 Å². The Kier molecular flexibility index (Phi) is 9.31. The second kappa shape index (κ2) is 12.3. The van der Waals surface area contributed by atoms with E-state index < -0.39 is 7.92 Å². The second-order valence-electron chi connectivity index (χ2n) is 14.1. The second-order valence-corrected chi connectivity index (χ2v) is 17.9. The largest absolute Gasteiger partial charge is 0.244 e. The number of hydrogen-bond donors (Lipinski definition) is 0. The van der Waals surface area contributed by atoms with Crippen LogP contribution >= 0.6 is 7.92 Å². The molecule has 0 unspecified atom stereocenters. The molecule has 42 heavy (non-hydrogen) atoms. The molecule has 0 aliphatic carbocycles. The predicted molar refractivity (Wildman–Crippen MR) is 191 cm³/mol. The normalized spacial score (nSPS) is 11.8. The van der Waals surface area contributed by atoms with Gasteiger partial charge in [-0.1, -0.05) is 172 Å². The first-order valence-electron chi connectivity index (χ1n) is 15.3. The SMILES string of the molecule is Cc1cc(C)c(B(c2ccccc2C#Cc2ccccc2P(C(C)(C)C)C(C)(C)C)c2c(C)cc(C)cc2C)c(C)c1. The van der Waals surface area contributed by atoms with Gasteiger partial charge < -0.3 is 0 Å². The molecule has 4 aromatic carbocycles. The van der Waals surface area contributed by atoms with Crippen LogP contribution in [0.5, 0.6) is 0 Å². The van der Waals surface area contributed by atoms with Gasteiger partial charge in [0.25, 0.3) is 0 Å². The van der Waals surface area contributed by atoms with Crippen LogP contribution in [0.3, 0.4) is 0 Å². The summed E-state index contributed by atoms with van der Waals surface area (Å²) in [6.07, 6.45) is 0. The van der Waals surface area contributed by atoms with Crippen LogP contribution in [-0.4, -0.2) is 17.0 Å². The first-order valence-corrected chi connectivity index (χ1v) is 16.6. The van der Waals surface area contributed by atoms with Crippen molar-refractivity contribution in [2.75, 3.05) is 0 Å². The Morgan fingerprint density at radius 1 is 0.524 bits per heavy atom. The summed E-state index contributed by atoms with van der Waals surface area (Å²) in [6.45, 7) is 27.9. The predicted octanol–water partition coefficient (Wildman–Crippen LogP) is 8.16. The Hall–Kier alpha value is -3.07. The molecule has 2 heteroatoms. The average Bonchev–Trinajstić information content (AvgIpc) is 2.85. The summed E-state index contributed by atoms with van der Waals surface area (Å²) in [6, 6.07) is 27.0. The van der Waals surface area contributed by atoms with Crippen molar-refractivity contribution in [3.63, 3.8) is 0 Å². The zero-order chi connectivity index (χ0) is 31.0. The minimum Gasteiger partial charge on any atom is -0.0657 e. The van der Waals surface area contributed by atoms with Gasteiger partial charge in [0, 0.05) is 11.1 Å². The van der Waals surface area contributed by atoms with Gasteiger partial charge in [-0.05, 0) is 69.3 Å². The lowest BCUT2D eigenvalue weighted by atomic mass is 9.33. The molecule has 0 nitrogen and oxygen atoms in total. The number of benzene rings is 4. The van der Waals surface area contributed by atoms with Crippen LogP contribution in [0.1, 0.15) is 86.1 Å². The summed E-state index contributed by atoms with van der Waals surface area (Å²) in [5.41, 5.74) is 14.3. The molecule has 0 fully saturated rings. The van der Waals surface area contributed by atoms with Crippen molar-refractivity contribution >= 4 is 36.3 Å². The van der Waals surface area contributed by atoms with Crippen LogP contribution in [-0.2, 0) is 0 Å². The van der Waals surface area contributed by atoms with Crippen LogP contribution in [0.15, 0.2) is 72.8 Å². The van der Waals surface area contributed by atoms with E-state index in [-0.39, 0.29) is 17.0 Å². The van der Waals surface area contributed by atoms with Gasteiger partial charge in [-0.3, -0.25) is 0 Å². The molecular formula is C40H48BP. The van der Waals surface area contributed by atoms with Gasteiger partial charge in [-0.25, -0.2) is 0 Å². The number of rotatable bonds is 4. The van der Waals surface area contributed by atoms with E-state index in [0.29, 0.717) is 0 Å². The third kappa shape index (κ3) is 6.77. The van der Waals surface area contributed by atoms with Crippen molar-refractivity contribution in [1.29, 1.82) is 0 Å². The summed E-state index contributed by atoms with van der Waals surface area (Å²) in [5.74, 6) is 7.40. The topological polar surface area (TPSA) is 0 Å². The molecule has 0 spiro atoms. The van der Waals surface area contributed by atoms with E-state index in [9.17, 15) is 0 Å². The van der Waals surface area contributed by atoms with Crippen molar-refractivity contribution < 1.29 is 0 Å². The van der Waals surface area contributed by atoms with Crippen LogP contribution < -0.4 is 21.7 Å². The highest BCUT2D eigenvalue weighted by Gasteiger charge is 2.36. The molecule has 0 aliphatic rings. The van der Waals surface area contributed by atoms with E-state index in [1.54, 1.807) is 0 Å². The molecule has 0 bridgehead atoms. The molecule has 4 aromatic rings. The number of aryl methyl sites for hydroxylation is 6. The summed E-state index contributed by atoms with van der Waals surface area (Å²) in [7, 11) is -0.458. The maximum atomic E-state index is 3.71. The van der Waals surface area contributed by atoms with Crippen LogP contribution in [0, 0.1) is 53.4 Å². The highest BCUT2D eigenvalue weighted by Crippen LogP contribution is 2.58. The lowest BCUT2D eigenvalue weighted by Crippen LogP contribution is -2.56. The Morgan fingerprint density at radius 2 is 0.905 bits per heavy atom. The fraction of sp³-hybridized carbons (Fsp3) is 0.350. The van der Waals surface area contributed by atoms with Crippen molar-refractivity contribution in [3.8, 4) is 11.8 Å². The fourth-order valence-corrected chi connectivity index (χ4v) is 11.3. The fourth-order valence-electron chi connectivity index (χ4n) is 7.25. The molecule has 0 N–H and O–H groups in total. The standard InChI is InChI=1S/C40H48BP/c1-27-23-29(3)37(30(4)24-27)41(38-31(5)25-28(2)26-32(38)6)35-19-15-13-17-33(35)21-22-34-18-14-16-20-36(34)42(39(7,8)9)40(10,11)12/h13-20,23-26H,1-12H3. The van der Waals surface area contributed by atoms with Crippen LogP contribution in [0.2, 0.25) is 0 Å². The van der Waals surface area contributed by atoms with Gasteiger partial charge in [0.05, 0.1) is 0 Å². The van der Waals surface area contributed by atoms with E-state index in [2.05, 4.69) is 168 Å². The van der Waals surface area contributed by atoms with E-state index in [4.69, 9.17) is 0 Å². The van der Waals surface area contributed by atoms with Crippen molar-refractivity contribution in [2.45, 2.75) is 93.4 Å². The molecule has 0 aromatic heterocycles. The lowest BCUT2D eigenvalue weighted by Gasteiger charge is -2.42. The molecule has 0 radical (unpaired) electrons. The quantitative estimate of drug-likeness (QED) is 0.132. The highest BCUT2D eigenvalue weighted by atomic mass is 31.1.